The van der Waals surface area contributed by atoms with Crippen LogP contribution in [0.15, 0.2) is 23.1 Å². The first kappa shape index (κ1) is 18.2. The molecule has 1 unspecified atom stereocenters. The number of nitrogens with zero attached hydrogens (tertiary/aromatic N) is 1. The third kappa shape index (κ3) is 3.26. The van der Waals surface area contributed by atoms with E-state index in [1.54, 1.807) is 12.1 Å². The summed E-state index contributed by atoms with van der Waals surface area (Å²) in [6, 6.07) is 4.71. The molecule has 2 aliphatic heterocycles. The van der Waals surface area contributed by atoms with Crippen molar-refractivity contribution in [2.75, 3.05) is 31.5 Å². The summed E-state index contributed by atoms with van der Waals surface area (Å²) in [6.07, 6.45) is 4.71. The summed E-state index contributed by atoms with van der Waals surface area (Å²) in [5, 5.41) is 6.42. The molecule has 1 amide bonds. The smallest absolute Gasteiger partial charge is 0.244 e. The van der Waals surface area contributed by atoms with E-state index in [1.807, 2.05) is 0 Å². The van der Waals surface area contributed by atoms with Gasteiger partial charge in [-0.3, -0.25) is 4.79 Å². The minimum absolute atomic E-state index is 0.0151. The Morgan fingerprint density at radius 1 is 1.23 bits per heavy atom. The lowest BCUT2D eigenvalue weighted by molar-refractivity contribution is -0.118. The van der Waals surface area contributed by atoms with Crippen molar-refractivity contribution in [3.63, 3.8) is 0 Å². The fourth-order valence-electron chi connectivity index (χ4n) is 4.27. The van der Waals surface area contributed by atoms with Crippen LogP contribution in [0.1, 0.15) is 32.1 Å². The van der Waals surface area contributed by atoms with E-state index < -0.39 is 10.0 Å². The number of anilines is 1. The molecule has 8 heteroatoms. The number of benzene rings is 1. The van der Waals surface area contributed by atoms with E-state index in [9.17, 15) is 13.2 Å². The molecule has 6 nitrogen and oxygen atoms in total. The lowest BCUT2D eigenvalue weighted by Gasteiger charge is -2.23. The molecular formula is C18H24ClN3O3S. The highest BCUT2D eigenvalue weighted by Gasteiger charge is 2.57. The van der Waals surface area contributed by atoms with Crippen molar-refractivity contribution in [3.05, 3.63) is 23.2 Å². The van der Waals surface area contributed by atoms with Gasteiger partial charge in [0.1, 0.15) is 4.90 Å². The first-order valence-electron chi connectivity index (χ1n) is 9.24. The molecule has 26 heavy (non-hydrogen) atoms. The van der Waals surface area contributed by atoms with Crippen LogP contribution >= 0.6 is 11.6 Å². The van der Waals surface area contributed by atoms with Crippen LogP contribution in [0.5, 0.6) is 0 Å². The molecule has 0 radical (unpaired) electrons. The number of carbonyl (C=O) groups excluding carboxylic acids is 1. The molecule has 2 heterocycles. The zero-order valence-corrected chi connectivity index (χ0v) is 16.2. The van der Waals surface area contributed by atoms with Crippen molar-refractivity contribution in [2.24, 2.45) is 11.3 Å². The quantitative estimate of drug-likeness (QED) is 0.818. The van der Waals surface area contributed by atoms with Gasteiger partial charge in [-0.2, -0.15) is 4.31 Å². The van der Waals surface area contributed by atoms with Crippen LogP contribution in [-0.2, 0) is 14.8 Å². The Kier molecular flexibility index (Phi) is 4.75. The number of sulfonamides is 1. The summed E-state index contributed by atoms with van der Waals surface area (Å²) >= 11 is 6.16. The van der Waals surface area contributed by atoms with E-state index in [2.05, 4.69) is 10.6 Å². The lowest BCUT2D eigenvalue weighted by atomic mass is 9.92. The average molecular weight is 398 g/mol. The number of carbonyl (C=O) groups is 1. The van der Waals surface area contributed by atoms with E-state index in [0.29, 0.717) is 18.8 Å². The van der Waals surface area contributed by atoms with E-state index in [-0.39, 0.29) is 27.2 Å². The molecule has 1 spiro atoms. The predicted octanol–water partition coefficient (Wildman–Crippen LogP) is 2.45. The van der Waals surface area contributed by atoms with E-state index in [0.717, 1.165) is 45.2 Å². The third-order valence-corrected chi connectivity index (χ3v) is 8.37. The second kappa shape index (κ2) is 6.78. The van der Waals surface area contributed by atoms with Crippen molar-refractivity contribution in [3.8, 4) is 0 Å². The first-order valence-corrected chi connectivity index (χ1v) is 11.1. The van der Waals surface area contributed by atoms with Gasteiger partial charge in [-0.15, -0.1) is 0 Å². The van der Waals surface area contributed by atoms with Gasteiger partial charge >= 0.3 is 0 Å². The van der Waals surface area contributed by atoms with Crippen LogP contribution < -0.4 is 10.6 Å². The molecular weight excluding hydrogens is 374 g/mol. The fraction of sp³-hybridized carbons (Fsp3) is 0.611. The van der Waals surface area contributed by atoms with Gasteiger partial charge in [0.2, 0.25) is 15.9 Å². The number of piperidine rings is 1. The maximum Gasteiger partial charge on any atom is 0.244 e. The summed E-state index contributed by atoms with van der Waals surface area (Å²) in [5.41, 5.74) is 0.639. The van der Waals surface area contributed by atoms with Gasteiger partial charge in [0.15, 0.2) is 0 Å². The zero-order valence-electron chi connectivity index (χ0n) is 14.6. The summed E-state index contributed by atoms with van der Waals surface area (Å²) in [5.74, 6) is 0.0117. The van der Waals surface area contributed by atoms with Gasteiger partial charge in [0.05, 0.1) is 5.02 Å². The van der Waals surface area contributed by atoms with Crippen LogP contribution in [0.25, 0.3) is 0 Å². The molecule has 4 rings (SSSR count). The van der Waals surface area contributed by atoms with Crippen molar-refractivity contribution in [1.29, 1.82) is 0 Å². The van der Waals surface area contributed by atoms with Gasteiger partial charge in [0, 0.05) is 24.7 Å². The summed E-state index contributed by atoms with van der Waals surface area (Å²) < 4.78 is 27.1. The standard InChI is InChI=1S/C18H24ClN3O3S/c19-15-4-3-13(11-16(15)26(24,25)22-9-1-2-10-22)21-17(23)14-12-18(14)5-7-20-8-6-18/h3-4,11,14,20H,1-2,5-10,12H2,(H,21,23). The highest BCUT2D eigenvalue weighted by Crippen LogP contribution is 2.58. The highest BCUT2D eigenvalue weighted by molar-refractivity contribution is 7.89. The summed E-state index contributed by atoms with van der Waals surface area (Å²) in [4.78, 5) is 12.7. The number of hydrogen-bond donors (Lipinski definition) is 2. The second-order valence-corrected chi connectivity index (χ2v) is 9.93. The molecule has 2 saturated heterocycles. The van der Waals surface area contributed by atoms with Crippen molar-refractivity contribution in [2.45, 2.75) is 37.0 Å². The Hall–Kier alpha value is -1.15. The Morgan fingerprint density at radius 2 is 1.92 bits per heavy atom. The number of nitrogens with one attached hydrogen (secondary N) is 2. The molecule has 3 fully saturated rings. The molecule has 2 N–H and O–H groups in total. The van der Waals surface area contributed by atoms with E-state index in [1.165, 1.54) is 10.4 Å². The van der Waals surface area contributed by atoms with Crippen molar-refractivity contribution < 1.29 is 13.2 Å². The first-order chi connectivity index (χ1) is 12.4. The lowest BCUT2D eigenvalue weighted by Crippen LogP contribution is -2.31. The Balaban J connectivity index is 1.50. The molecule has 1 aliphatic carbocycles. The number of rotatable bonds is 4. The molecule has 0 aromatic heterocycles. The number of halogens is 1. The molecule has 1 aromatic carbocycles. The van der Waals surface area contributed by atoms with Gasteiger partial charge in [-0.25, -0.2) is 8.42 Å². The third-order valence-electron chi connectivity index (χ3n) is 5.99. The Labute approximate surface area is 159 Å². The molecule has 1 saturated carbocycles. The Bertz CT molecular complexity index is 815. The summed E-state index contributed by atoms with van der Waals surface area (Å²) in [7, 11) is -3.62. The predicted molar refractivity (Wildman–Crippen MR) is 101 cm³/mol. The van der Waals surface area contributed by atoms with Crippen molar-refractivity contribution in [1.82, 2.24) is 9.62 Å². The topological polar surface area (TPSA) is 78.5 Å². The minimum atomic E-state index is -3.62. The van der Waals surface area contributed by atoms with Gasteiger partial charge in [0.25, 0.3) is 0 Å². The minimum Gasteiger partial charge on any atom is -0.326 e. The van der Waals surface area contributed by atoms with Crippen molar-refractivity contribution >= 4 is 33.2 Å². The van der Waals surface area contributed by atoms with Gasteiger partial charge in [-0.05, 0) is 68.8 Å². The van der Waals surface area contributed by atoms with Gasteiger partial charge < -0.3 is 10.6 Å². The molecule has 3 aliphatic rings. The highest BCUT2D eigenvalue weighted by atomic mass is 35.5. The maximum atomic E-state index is 12.8. The van der Waals surface area contributed by atoms with Crippen LogP contribution in [0, 0.1) is 11.3 Å². The van der Waals surface area contributed by atoms with Gasteiger partial charge in [-0.1, -0.05) is 11.6 Å². The Morgan fingerprint density at radius 3 is 2.62 bits per heavy atom. The maximum absolute atomic E-state index is 12.8. The average Bonchev–Trinajstić information content (AvgIpc) is 3.07. The van der Waals surface area contributed by atoms with E-state index in [4.69, 9.17) is 11.6 Å². The fourth-order valence-corrected chi connectivity index (χ4v) is 6.29. The molecule has 0 bridgehead atoms. The normalized spacial score (nSPS) is 25.3. The molecule has 1 aromatic rings. The number of amides is 1. The SMILES string of the molecule is O=C(Nc1ccc(Cl)c(S(=O)(=O)N2CCCC2)c1)C1CC12CCNCC2. The number of hydrogen-bond acceptors (Lipinski definition) is 4. The second-order valence-electron chi connectivity index (χ2n) is 7.61. The summed E-state index contributed by atoms with van der Waals surface area (Å²) in [6.45, 7) is 2.97. The molecule has 142 valence electrons. The van der Waals surface area contributed by atoms with E-state index >= 15 is 0 Å². The largest absolute Gasteiger partial charge is 0.326 e. The van der Waals surface area contributed by atoms with Crippen LogP contribution in [0.2, 0.25) is 5.02 Å². The zero-order chi connectivity index (χ0) is 18.4. The van der Waals surface area contributed by atoms with Crippen LogP contribution in [0.4, 0.5) is 5.69 Å². The molecule has 1 atom stereocenters. The monoisotopic (exact) mass is 397 g/mol. The van der Waals surface area contributed by atoms with Crippen LogP contribution in [0.3, 0.4) is 0 Å². The van der Waals surface area contributed by atoms with Crippen LogP contribution in [-0.4, -0.2) is 44.8 Å².